The monoisotopic (exact) mass is 520 g/mol. The van der Waals surface area contributed by atoms with Gasteiger partial charge in [-0.3, -0.25) is 9.59 Å². The summed E-state index contributed by atoms with van der Waals surface area (Å²) in [6.45, 7) is 5.73. The zero-order chi connectivity index (χ0) is 25.9. The Labute approximate surface area is 211 Å². The van der Waals surface area contributed by atoms with Crippen LogP contribution in [0.5, 0.6) is 0 Å². The summed E-state index contributed by atoms with van der Waals surface area (Å²) < 4.78 is 40.6. The number of hydrogen-bond acceptors (Lipinski definition) is 5. The van der Waals surface area contributed by atoms with E-state index < -0.39 is 11.7 Å². The molecule has 4 nitrogen and oxygen atoms in total. The number of carbonyl (C=O) groups excluding carboxylic acids is 2. The second-order valence-electron chi connectivity index (χ2n) is 8.69. The Balaban J connectivity index is 1.81. The van der Waals surface area contributed by atoms with Crippen molar-refractivity contribution in [2.24, 2.45) is 0 Å². The van der Waals surface area contributed by atoms with E-state index in [-0.39, 0.29) is 28.9 Å². The van der Waals surface area contributed by atoms with Gasteiger partial charge in [0.2, 0.25) is 0 Å². The van der Waals surface area contributed by atoms with Gasteiger partial charge in [0, 0.05) is 41.4 Å². The normalized spacial score (nSPS) is 11.7. The third-order valence-electron chi connectivity index (χ3n) is 5.38. The van der Waals surface area contributed by atoms with Gasteiger partial charge in [0.25, 0.3) is 5.24 Å². The first kappa shape index (κ1) is 26.9. The second-order valence-corrected chi connectivity index (χ2v) is 10.8. The van der Waals surface area contributed by atoms with Crippen LogP contribution >= 0.6 is 23.1 Å². The molecule has 0 spiro atoms. The summed E-state index contributed by atoms with van der Waals surface area (Å²) in [5, 5.41) is 0.216. The molecule has 1 amide bonds. The van der Waals surface area contributed by atoms with Crippen molar-refractivity contribution in [3.8, 4) is 10.6 Å². The smallest absolute Gasteiger partial charge is 0.339 e. The minimum Gasteiger partial charge on any atom is -0.339 e. The summed E-state index contributed by atoms with van der Waals surface area (Å²) in [4.78, 5) is 32.5. The van der Waals surface area contributed by atoms with E-state index in [9.17, 15) is 22.8 Å². The molecular formula is C26H27F3N2O2S2. The molecule has 1 heterocycles. The number of ketones is 1. The van der Waals surface area contributed by atoms with Crippen molar-refractivity contribution in [2.45, 2.75) is 50.6 Å². The van der Waals surface area contributed by atoms with E-state index in [1.54, 1.807) is 38.4 Å². The molecule has 1 aromatic heterocycles. The molecule has 0 saturated carbocycles. The summed E-state index contributed by atoms with van der Waals surface area (Å²) in [7, 11) is 3.36. The topological polar surface area (TPSA) is 50.3 Å². The Morgan fingerprint density at radius 3 is 2.40 bits per heavy atom. The molecule has 0 unspecified atom stereocenters. The fraction of sp³-hybridized carbons (Fsp3) is 0.346. The molecule has 0 saturated heterocycles. The first-order valence-corrected chi connectivity index (χ1v) is 12.7. The zero-order valence-corrected chi connectivity index (χ0v) is 21.8. The van der Waals surface area contributed by atoms with Crippen LogP contribution in [0.3, 0.4) is 0 Å². The molecular weight excluding hydrogens is 493 g/mol. The minimum atomic E-state index is -4.48. The number of aromatic nitrogens is 1. The highest BCUT2D eigenvalue weighted by molar-refractivity contribution is 8.13. The molecule has 0 bridgehead atoms. The average molecular weight is 521 g/mol. The van der Waals surface area contributed by atoms with E-state index in [2.05, 4.69) is 4.98 Å². The van der Waals surface area contributed by atoms with Gasteiger partial charge in [0.05, 0.1) is 11.3 Å². The van der Waals surface area contributed by atoms with Crippen molar-refractivity contribution >= 4 is 34.1 Å². The fourth-order valence-electron chi connectivity index (χ4n) is 3.52. The van der Waals surface area contributed by atoms with Gasteiger partial charge in [-0.1, -0.05) is 38.1 Å². The molecule has 3 aromatic rings. The summed E-state index contributed by atoms with van der Waals surface area (Å²) in [5.41, 5.74) is 1.44. The number of rotatable bonds is 7. The van der Waals surface area contributed by atoms with Crippen molar-refractivity contribution in [1.82, 2.24) is 9.88 Å². The maximum atomic E-state index is 13.5. The van der Waals surface area contributed by atoms with E-state index in [1.807, 2.05) is 20.8 Å². The lowest BCUT2D eigenvalue weighted by Crippen LogP contribution is -2.16. The molecule has 0 aliphatic rings. The van der Waals surface area contributed by atoms with Crippen LogP contribution in [0.1, 0.15) is 58.2 Å². The Bertz CT molecular complexity index is 1230. The van der Waals surface area contributed by atoms with Gasteiger partial charge in [-0.25, -0.2) is 4.98 Å². The van der Waals surface area contributed by atoms with Crippen LogP contribution in [0.2, 0.25) is 0 Å². The van der Waals surface area contributed by atoms with E-state index in [0.29, 0.717) is 17.0 Å². The molecule has 0 aliphatic heterocycles. The lowest BCUT2D eigenvalue weighted by Gasteiger charge is -2.11. The maximum Gasteiger partial charge on any atom is 0.417 e. The number of Topliss-reactive ketones (excluding diaryl/α,β-unsaturated/α-hetero) is 1. The number of amides is 1. The Hall–Kier alpha value is -2.65. The van der Waals surface area contributed by atoms with Gasteiger partial charge in [0.1, 0.15) is 5.01 Å². The second kappa shape index (κ2) is 11.0. The van der Waals surface area contributed by atoms with Crippen LogP contribution < -0.4 is 0 Å². The number of carbonyl (C=O) groups is 2. The lowest BCUT2D eigenvalue weighted by atomic mass is 10.0. The predicted octanol–water partition coefficient (Wildman–Crippen LogP) is 7.85. The van der Waals surface area contributed by atoms with Gasteiger partial charge < -0.3 is 4.90 Å². The van der Waals surface area contributed by atoms with Crippen LogP contribution in [-0.2, 0) is 12.6 Å². The van der Waals surface area contributed by atoms with Crippen LogP contribution in [0, 0.1) is 6.92 Å². The first-order chi connectivity index (χ1) is 16.4. The van der Waals surface area contributed by atoms with Crippen LogP contribution in [-0.4, -0.2) is 35.0 Å². The van der Waals surface area contributed by atoms with Crippen molar-refractivity contribution in [2.75, 3.05) is 14.1 Å². The van der Waals surface area contributed by atoms with Gasteiger partial charge in [-0.2, -0.15) is 13.2 Å². The fourth-order valence-corrected chi connectivity index (χ4v) is 5.50. The van der Waals surface area contributed by atoms with Gasteiger partial charge in [-0.15, -0.1) is 11.3 Å². The minimum absolute atomic E-state index is 0.0101. The highest BCUT2D eigenvalue weighted by Gasteiger charge is 2.34. The van der Waals surface area contributed by atoms with E-state index >= 15 is 0 Å². The molecule has 9 heteroatoms. The van der Waals surface area contributed by atoms with E-state index in [4.69, 9.17) is 0 Å². The molecule has 2 aromatic carbocycles. The van der Waals surface area contributed by atoms with Gasteiger partial charge in [0.15, 0.2) is 5.78 Å². The van der Waals surface area contributed by atoms with Crippen LogP contribution in [0.4, 0.5) is 18.0 Å². The van der Waals surface area contributed by atoms with Crippen LogP contribution in [0.15, 0.2) is 47.4 Å². The molecule has 35 heavy (non-hydrogen) atoms. The van der Waals surface area contributed by atoms with E-state index in [1.165, 1.54) is 28.4 Å². The SMILES string of the molecule is Cc1cc(C(=O)CCc2sc(-c3ccccc3C(F)(F)F)nc2C(C)C)ccc1SC(=O)N(C)C. The van der Waals surface area contributed by atoms with E-state index in [0.717, 1.165) is 38.9 Å². The average Bonchev–Trinajstić information content (AvgIpc) is 3.22. The summed E-state index contributed by atoms with van der Waals surface area (Å²) >= 11 is 2.32. The number of nitrogens with zero attached hydrogens (tertiary/aromatic N) is 2. The number of thioether (sulfide) groups is 1. The largest absolute Gasteiger partial charge is 0.417 e. The van der Waals surface area contributed by atoms with Crippen molar-refractivity contribution in [1.29, 1.82) is 0 Å². The van der Waals surface area contributed by atoms with Crippen LogP contribution in [0.25, 0.3) is 10.6 Å². The molecule has 0 N–H and O–H groups in total. The standard InChI is InChI=1S/C26H27F3N2O2S2/c1-15(2)23-22(34-24(30-23)18-8-6-7-9-19(18)26(27,28)29)13-11-20(32)17-10-12-21(16(3)14-17)35-25(33)31(4)5/h6-10,12,14-15H,11,13H2,1-5H3. The molecule has 0 atom stereocenters. The number of alkyl halides is 3. The third-order valence-corrected chi connectivity index (χ3v) is 7.76. The lowest BCUT2D eigenvalue weighted by molar-refractivity contribution is -0.137. The molecule has 3 rings (SSSR count). The highest BCUT2D eigenvalue weighted by Crippen LogP contribution is 2.40. The summed E-state index contributed by atoms with van der Waals surface area (Å²) in [6.07, 6.45) is -3.87. The number of hydrogen-bond donors (Lipinski definition) is 0. The molecule has 0 fully saturated rings. The molecule has 0 radical (unpaired) electrons. The predicted molar refractivity (Wildman–Crippen MR) is 135 cm³/mol. The quantitative estimate of drug-likeness (QED) is 0.235. The van der Waals surface area contributed by atoms with Gasteiger partial charge >= 0.3 is 6.18 Å². The Morgan fingerprint density at radius 1 is 1.11 bits per heavy atom. The third kappa shape index (κ3) is 6.52. The van der Waals surface area contributed by atoms with Crippen molar-refractivity contribution < 1.29 is 22.8 Å². The highest BCUT2D eigenvalue weighted by atomic mass is 32.2. The van der Waals surface area contributed by atoms with Crippen molar-refractivity contribution in [3.63, 3.8) is 0 Å². The Kier molecular flexibility index (Phi) is 8.43. The number of aryl methyl sites for hydroxylation is 2. The molecule has 0 aliphatic carbocycles. The maximum absolute atomic E-state index is 13.5. The summed E-state index contributed by atoms with van der Waals surface area (Å²) in [6, 6.07) is 10.7. The Morgan fingerprint density at radius 2 is 1.80 bits per heavy atom. The first-order valence-electron chi connectivity index (χ1n) is 11.1. The van der Waals surface area contributed by atoms with Gasteiger partial charge in [-0.05, 0) is 54.8 Å². The summed E-state index contributed by atoms with van der Waals surface area (Å²) in [5.74, 6) is -0.0557. The number of halogens is 3. The zero-order valence-electron chi connectivity index (χ0n) is 20.2. The van der Waals surface area contributed by atoms with Crippen molar-refractivity contribution in [3.05, 3.63) is 69.7 Å². The number of benzene rings is 2. The number of thiazole rings is 1. The molecule has 186 valence electrons.